The molecule has 0 saturated carbocycles. The Morgan fingerprint density at radius 2 is 1.75 bits per heavy atom. The zero-order valence-corrected chi connectivity index (χ0v) is 19.1. The highest BCUT2D eigenvalue weighted by atomic mass is 32.2. The van der Waals surface area contributed by atoms with E-state index in [1.807, 2.05) is 43.3 Å². The first-order chi connectivity index (χ1) is 15.5. The number of hydrogen-bond donors (Lipinski definition) is 2. The topological polar surface area (TPSA) is 98.3 Å². The number of benzene rings is 2. The second-order valence-corrected chi connectivity index (χ2v) is 9.06. The van der Waals surface area contributed by atoms with Crippen LogP contribution in [0.2, 0.25) is 0 Å². The van der Waals surface area contributed by atoms with Crippen molar-refractivity contribution in [1.29, 1.82) is 0 Å². The second-order valence-electron chi connectivity index (χ2n) is 7.75. The average molecular weight is 453 g/mol. The minimum atomic E-state index is -0.396. The number of carbonyl (C=O) groups is 1. The zero-order chi connectivity index (χ0) is 22.5. The molecule has 1 aliphatic rings. The molecule has 9 heteroatoms. The highest BCUT2D eigenvalue weighted by Crippen LogP contribution is 2.27. The molecular weight excluding hydrogens is 424 g/mol. The van der Waals surface area contributed by atoms with Crippen LogP contribution >= 0.6 is 11.8 Å². The van der Waals surface area contributed by atoms with E-state index >= 15 is 0 Å². The van der Waals surface area contributed by atoms with Gasteiger partial charge in [-0.3, -0.25) is 4.79 Å². The van der Waals surface area contributed by atoms with E-state index in [9.17, 15) is 4.79 Å². The van der Waals surface area contributed by atoms with Crippen molar-refractivity contribution in [1.82, 2.24) is 14.9 Å². The first-order valence-corrected chi connectivity index (χ1v) is 11.6. The van der Waals surface area contributed by atoms with Gasteiger partial charge in [-0.05, 0) is 74.7 Å². The van der Waals surface area contributed by atoms with Gasteiger partial charge >= 0.3 is 0 Å². The Hall–Kier alpha value is -3.20. The molecule has 1 aromatic heterocycles. The molecule has 1 fully saturated rings. The SMILES string of the molecule is COc1ccc(-c2nnc(SC(C)C(=O)Nc3ccc(N4CCCCC4)cc3)n2N)cc1. The first kappa shape index (κ1) is 22.0. The number of thioether (sulfide) groups is 1. The van der Waals surface area contributed by atoms with Gasteiger partial charge in [-0.1, -0.05) is 11.8 Å². The summed E-state index contributed by atoms with van der Waals surface area (Å²) in [5.41, 5.74) is 2.79. The number of aromatic nitrogens is 3. The Balaban J connectivity index is 1.36. The fraction of sp³-hybridized carbons (Fsp3) is 0.348. The van der Waals surface area contributed by atoms with E-state index in [1.54, 1.807) is 7.11 Å². The largest absolute Gasteiger partial charge is 0.497 e. The molecule has 0 radical (unpaired) electrons. The fourth-order valence-corrected chi connectivity index (χ4v) is 4.43. The molecule has 3 N–H and O–H groups in total. The Bertz CT molecular complexity index is 1050. The van der Waals surface area contributed by atoms with Crippen molar-refractivity contribution < 1.29 is 9.53 Å². The van der Waals surface area contributed by atoms with E-state index in [1.165, 1.54) is 41.4 Å². The van der Waals surface area contributed by atoms with Crippen LogP contribution in [0.3, 0.4) is 0 Å². The number of ether oxygens (including phenoxy) is 1. The van der Waals surface area contributed by atoms with Crippen LogP contribution in [0.4, 0.5) is 11.4 Å². The Morgan fingerprint density at radius 3 is 2.41 bits per heavy atom. The number of methoxy groups -OCH3 is 1. The maximum atomic E-state index is 12.7. The molecule has 1 saturated heterocycles. The average Bonchev–Trinajstić information content (AvgIpc) is 3.20. The number of carbonyl (C=O) groups excluding carboxylic acids is 1. The van der Waals surface area contributed by atoms with E-state index in [2.05, 4.69) is 32.5 Å². The fourth-order valence-electron chi connectivity index (χ4n) is 3.66. The van der Waals surface area contributed by atoms with Crippen molar-refractivity contribution in [3.63, 3.8) is 0 Å². The van der Waals surface area contributed by atoms with E-state index in [0.29, 0.717) is 11.0 Å². The van der Waals surface area contributed by atoms with Crippen LogP contribution < -0.4 is 20.8 Å². The first-order valence-electron chi connectivity index (χ1n) is 10.7. The number of rotatable bonds is 7. The number of piperidine rings is 1. The summed E-state index contributed by atoms with van der Waals surface area (Å²) in [5, 5.41) is 11.4. The summed E-state index contributed by atoms with van der Waals surface area (Å²) in [7, 11) is 1.62. The number of nitrogen functional groups attached to an aromatic ring is 1. The predicted octanol–water partition coefficient (Wildman–Crippen LogP) is 3.78. The van der Waals surface area contributed by atoms with Gasteiger partial charge in [0.15, 0.2) is 5.82 Å². The quantitative estimate of drug-likeness (QED) is 0.416. The van der Waals surface area contributed by atoms with Gasteiger partial charge < -0.3 is 20.8 Å². The van der Waals surface area contributed by atoms with Gasteiger partial charge in [-0.15, -0.1) is 10.2 Å². The molecule has 0 aliphatic carbocycles. The zero-order valence-electron chi connectivity index (χ0n) is 18.3. The third-order valence-corrected chi connectivity index (χ3v) is 6.58. The molecule has 0 spiro atoms. The number of nitrogens with one attached hydrogen (secondary N) is 1. The third-order valence-electron chi connectivity index (χ3n) is 5.52. The van der Waals surface area contributed by atoms with Crippen LogP contribution in [0.25, 0.3) is 11.4 Å². The molecule has 2 heterocycles. The lowest BCUT2D eigenvalue weighted by molar-refractivity contribution is -0.115. The lowest BCUT2D eigenvalue weighted by Crippen LogP contribution is -2.29. The van der Waals surface area contributed by atoms with Crippen molar-refractivity contribution in [2.75, 3.05) is 36.3 Å². The van der Waals surface area contributed by atoms with Crippen LogP contribution in [0.5, 0.6) is 5.75 Å². The van der Waals surface area contributed by atoms with E-state index in [-0.39, 0.29) is 5.91 Å². The number of hydrogen-bond acceptors (Lipinski definition) is 7. The van der Waals surface area contributed by atoms with Crippen molar-refractivity contribution in [3.05, 3.63) is 48.5 Å². The molecule has 32 heavy (non-hydrogen) atoms. The van der Waals surface area contributed by atoms with Crippen molar-refractivity contribution in [2.24, 2.45) is 0 Å². The van der Waals surface area contributed by atoms with Gasteiger partial charge in [-0.25, -0.2) is 4.68 Å². The Kier molecular flexibility index (Phi) is 6.84. The lowest BCUT2D eigenvalue weighted by atomic mass is 10.1. The van der Waals surface area contributed by atoms with Crippen LogP contribution in [0, 0.1) is 0 Å². The molecule has 1 aliphatic heterocycles. The molecule has 1 amide bonds. The summed E-state index contributed by atoms with van der Waals surface area (Å²) >= 11 is 1.27. The summed E-state index contributed by atoms with van der Waals surface area (Å²) in [6, 6.07) is 15.4. The Morgan fingerprint density at radius 1 is 1.06 bits per heavy atom. The second kappa shape index (κ2) is 9.95. The van der Waals surface area contributed by atoms with Gasteiger partial charge in [0.2, 0.25) is 11.1 Å². The molecule has 8 nitrogen and oxygen atoms in total. The van der Waals surface area contributed by atoms with Gasteiger partial charge in [0.1, 0.15) is 5.75 Å². The van der Waals surface area contributed by atoms with E-state index in [0.717, 1.165) is 30.1 Å². The third kappa shape index (κ3) is 4.99. The van der Waals surface area contributed by atoms with Crippen molar-refractivity contribution in [3.8, 4) is 17.1 Å². The van der Waals surface area contributed by atoms with Gasteiger partial charge in [0, 0.05) is 30.0 Å². The highest BCUT2D eigenvalue weighted by molar-refractivity contribution is 8.00. The monoisotopic (exact) mass is 452 g/mol. The van der Waals surface area contributed by atoms with Gasteiger partial charge in [0.05, 0.1) is 12.4 Å². The van der Waals surface area contributed by atoms with Crippen LogP contribution in [0.1, 0.15) is 26.2 Å². The smallest absolute Gasteiger partial charge is 0.237 e. The molecule has 0 bridgehead atoms. The molecule has 1 atom stereocenters. The molecule has 2 aromatic carbocycles. The number of nitrogens with zero attached hydrogens (tertiary/aromatic N) is 4. The van der Waals surface area contributed by atoms with Crippen molar-refractivity contribution >= 4 is 29.0 Å². The Labute approximate surface area is 192 Å². The summed E-state index contributed by atoms with van der Waals surface area (Å²) in [4.78, 5) is 15.1. The summed E-state index contributed by atoms with van der Waals surface area (Å²) < 4.78 is 6.59. The van der Waals surface area contributed by atoms with Gasteiger partial charge in [-0.2, -0.15) is 0 Å². The lowest BCUT2D eigenvalue weighted by Gasteiger charge is -2.28. The molecule has 4 rings (SSSR count). The van der Waals surface area contributed by atoms with Crippen molar-refractivity contribution in [2.45, 2.75) is 36.6 Å². The maximum absolute atomic E-state index is 12.7. The van der Waals surface area contributed by atoms with Crippen LogP contribution in [-0.2, 0) is 4.79 Å². The standard InChI is InChI=1S/C23H28N6O2S/c1-16(22(30)25-18-8-10-19(11-9-18)28-14-4-3-5-15-28)32-23-27-26-21(29(23)24)17-6-12-20(31-2)13-7-17/h6-13,16H,3-5,14-15,24H2,1-2H3,(H,25,30). The molecule has 168 valence electrons. The molecule has 3 aromatic rings. The molecular formula is C23H28N6O2S. The molecule has 1 unspecified atom stereocenters. The summed E-state index contributed by atoms with van der Waals surface area (Å²) in [6.07, 6.45) is 3.77. The normalized spacial score (nSPS) is 14.8. The minimum absolute atomic E-state index is 0.116. The number of anilines is 2. The number of amides is 1. The summed E-state index contributed by atoms with van der Waals surface area (Å²) in [5.74, 6) is 7.36. The highest BCUT2D eigenvalue weighted by Gasteiger charge is 2.20. The van der Waals surface area contributed by atoms with Crippen LogP contribution in [0.15, 0.2) is 53.7 Å². The van der Waals surface area contributed by atoms with Crippen LogP contribution in [-0.4, -0.2) is 46.2 Å². The van der Waals surface area contributed by atoms with E-state index < -0.39 is 5.25 Å². The minimum Gasteiger partial charge on any atom is -0.497 e. The van der Waals surface area contributed by atoms with E-state index in [4.69, 9.17) is 10.6 Å². The maximum Gasteiger partial charge on any atom is 0.237 e. The van der Waals surface area contributed by atoms with Gasteiger partial charge in [0.25, 0.3) is 0 Å². The summed E-state index contributed by atoms with van der Waals surface area (Å²) in [6.45, 7) is 4.01. The predicted molar refractivity (Wildman–Crippen MR) is 129 cm³/mol. The number of nitrogens with two attached hydrogens (primary N) is 1.